The average molecular weight is 310 g/mol. The molecule has 0 atom stereocenters. The lowest BCUT2D eigenvalue weighted by Gasteiger charge is -2.08. The van der Waals surface area contributed by atoms with Crippen LogP contribution in [0, 0.1) is 17.0 Å². The van der Waals surface area contributed by atoms with Gasteiger partial charge in [-0.15, -0.1) is 0 Å². The first-order chi connectivity index (χ1) is 10.0. The van der Waals surface area contributed by atoms with Crippen molar-refractivity contribution in [3.8, 4) is 11.6 Å². The van der Waals surface area contributed by atoms with E-state index in [4.69, 9.17) is 21.1 Å². The van der Waals surface area contributed by atoms with Gasteiger partial charge in [-0.3, -0.25) is 10.1 Å². The van der Waals surface area contributed by atoms with Gasteiger partial charge in [0.05, 0.1) is 12.0 Å². The van der Waals surface area contributed by atoms with E-state index in [1.165, 1.54) is 6.92 Å². The highest BCUT2D eigenvalue weighted by molar-refractivity contribution is 6.28. The maximum Gasteiger partial charge on any atom is 0.352 e. The van der Waals surface area contributed by atoms with Crippen LogP contribution in [0.5, 0.6) is 11.6 Å². The Balaban J connectivity index is 2.25. The Morgan fingerprint density at radius 1 is 1.38 bits per heavy atom. The minimum atomic E-state index is -0.591. The number of rotatable bonds is 5. The summed E-state index contributed by atoms with van der Waals surface area (Å²) in [6, 6.07) is 7.16. The number of aromatic nitrogens is 2. The van der Waals surface area contributed by atoms with E-state index >= 15 is 0 Å². The third kappa shape index (κ3) is 3.57. The van der Waals surface area contributed by atoms with Gasteiger partial charge in [-0.25, -0.2) is 4.98 Å². The van der Waals surface area contributed by atoms with Crippen molar-refractivity contribution in [1.29, 1.82) is 0 Å². The quantitative estimate of drug-likeness (QED) is 0.479. The topological polar surface area (TPSA) is 87.4 Å². The zero-order valence-corrected chi connectivity index (χ0v) is 12.1. The van der Waals surface area contributed by atoms with Crippen LogP contribution >= 0.6 is 11.6 Å². The summed E-state index contributed by atoms with van der Waals surface area (Å²) in [4.78, 5) is 18.0. The van der Waals surface area contributed by atoms with Gasteiger partial charge in [0, 0.05) is 0 Å². The Morgan fingerprint density at radius 2 is 2.14 bits per heavy atom. The van der Waals surface area contributed by atoms with E-state index < -0.39 is 4.92 Å². The maximum atomic E-state index is 11.0. The molecule has 0 aliphatic rings. The molecule has 0 bridgehead atoms. The molecule has 0 spiro atoms. The van der Waals surface area contributed by atoms with Crippen LogP contribution in [-0.2, 0) is 6.61 Å². The zero-order valence-electron chi connectivity index (χ0n) is 11.4. The number of aryl methyl sites for hydroxylation is 1. The van der Waals surface area contributed by atoms with Crippen LogP contribution in [-0.4, -0.2) is 22.0 Å². The van der Waals surface area contributed by atoms with Crippen LogP contribution in [0.2, 0.25) is 5.28 Å². The highest BCUT2D eigenvalue weighted by Gasteiger charge is 2.23. The van der Waals surface area contributed by atoms with Crippen molar-refractivity contribution in [2.45, 2.75) is 13.5 Å². The van der Waals surface area contributed by atoms with Gasteiger partial charge in [-0.05, 0) is 36.2 Å². The van der Waals surface area contributed by atoms with Gasteiger partial charge in [0.1, 0.15) is 18.1 Å². The second-order valence-electron chi connectivity index (χ2n) is 4.13. The summed E-state index contributed by atoms with van der Waals surface area (Å²) in [7, 11) is 1.55. The number of halogens is 1. The summed E-state index contributed by atoms with van der Waals surface area (Å²) in [5.74, 6) is 0.517. The number of hydrogen-bond acceptors (Lipinski definition) is 6. The maximum absolute atomic E-state index is 11.0. The van der Waals surface area contributed by atoms with Crippen molar-refractivity contribution in [2.75, 3.05) is 7.11 Å². The monoisotopic (exact) mass is 309 g/mol. The van der Waals surface area contributed by atoms with Crippen LogP contribution in [0.25, 0.3) is 0 Å². The van der Waals surface area contributed by atoms with E-state index in [-0.39, 0.29) is 29.2 Å². The molecular formula is C13H12ClN3O4. The van der Waals surface area contributed by atoms with Gasteiger partial charge < -0.3 is 9.47 Å². The van der Waals surface area contributed by atoms with Crippen molar-refractivity contribution >= 4 is 17.3 Å². The third-order valence-corrected chi connectivity index (χ3v) is 2.86. The molecule has 8 heteroatoms. The standard InChI is InChI=1S/C13H12ClN3O4/c1-8-11(17(18)19)12(16-13(14)15-8)21-7-9-4-3-5-10(6-9)20-2/h3-6H,7H2,1-2H3. The molecule has 1 heterocycles. The minimum Gasteiger partial charge on any atom is -0.497 e. The Kier molecular flexibility index (Phi) is 4.54. The highest BCUT2D eigenvalue weighted by Crippen LogP contribution is 2.29. The molecule has 2 rings (SSSR count). The number of methoxy groups -OCH3 is 1. The molecule has 0 unspecified atom stereocenters. The molecule has 7 nitrogen and oxygen atoms in total. The van der Waals surface area contributed by atoms with Crippen LogP contribution in [0.15, 0.2) is 24.3 Å². The Hall–Kier alpha value is -2.41. The molecular weight excluding hydrogens is 298 g/mol. The smallest absolute Gasteiger partial charge is 0.352 e. The van der Waals surface area contributed by atoms with Gasteiger partial charge in [0.2, 0.25) is 5.28 Å². The van der Waals surface area contributed by atoms with E-state index in [2.05, 4.69) is 9.97 Å². The Morgan fingerprint density at radius 3 is 2.81 bits per heavy atom. The van der Waals surface area contributed by atoms with E-state index in [9.17, 15) is 10.1 Å². The lowest BCUT2D eigenvalue weighted by Crippen LogP contribution is -2.05. The minimum absolute atomic E-state index is 0.0984. The average Bonchev–Trinajstić information content (AvgIpc) is 2.44. The molecule has 0 saturated heterocycles. The predicted molar refractivity (Wildman–Crippen MR) is 75.8 cm³/mol. The molecule has 0 aliphatic heterocycles. The number of nitro groups is 1. The third-order valence-electron chi connectivity index (χ3n) is 2.69. The molecule has 110 valence electrons. The first kappa shape index (κ1) is 15.0. The SMILES string of the molecule is COc1cccc(COc2nc(Cl)nc(C)c2[N+](=O)[O-])c1. The molecule has 0 saturated carbocycles. The second-order valence-corrected chi connectivity index (χ2v) is 4.47. The van der Waals surface area contributed by atoms with Gasteiger partial charge >= 0.3 is 5.69 Å². The summed E-state index contributed by atoms with van der Waals surface area (Å²) in [6.45, 7) is 1.58. The summed E-state index contributed by atoms with van der Waals surface area (Å²) in [5.41, 5.74) is 0.652. The van der Waals surface area contributed by atoms with Crippen molar-refractivity contribution in [3.63, 3.8) is 0 Å². The fraction of sp³-hybridized carbons (Fsp3) is 0.231. The number of nitrogens with zero attached hydrogens (tertiary/aromatic N) is 3. The van der Waals surface area contributed by atoms with Crippen molar-refractivity contribution in [2.24, 2.45) is 0 Å². The van der Waals surface area contributed by atoms with Crippen molar-refractivity contribution < 1.29 is 14.4 Å². The van der Waals surface area contributed by atoms with E-state index in [0.717, 1.165) is 5.56 Å². The highest BCUT2D eigenvalue weighted by atomic mass is 35.5. The molecule has 1 aromatic carbocycles. The lowest BCUT2D eigenvalue weighted by atomic mass is 10.2. The normalized spacial score (nSPS) is 10.2. The molecule has 1 aromatic heterocycles. The predicted octanol–water partition coefficient (Wildman–Crippen LogP) is 2.93. The van der Waals surface area contributed by atoms with Gasteiger partial charge in [0.15, 0.2) is 0 Å². The fourth-order valence-corrected chi connectivity index (χ4v) is 1.94. The number of benzene rings is 1. The van der Waals surface area contributed by atoms with Crippen LogP contribution in [0.1, 0.15) is 11.3 Å². The van der Waals surface area contributed by atoms with Crippen LogP contribution in [0.3, 0.4) is 0 Å². The molecule has 0 amide bonds. The zero-order chi connectivity index (χ0) is 15.4. The molecule has 0 radical (unpaired) electrons. The summed E-state index contributed by atoms with van der Waals surface area (Å²) in [6.07, 6.45) is 0. The van der Waals surface area contributed by atoms with Crippen molar-refractivity contribution in [3.05, 3.63) is 50.9 Å². The van der Waals surface area contributed by atoms with Gasteiger partial charge in [-0.1, -0.05) is 12.1 Å². The summed E-state index contributed by atoms with van der Waals surface area (Å²) in [5, 5.41) is 10.9. The van der Waals surface area contributed by atoms with E-state index in [0.29, 0.717) is 5.75 Å². The summed E-state index contributed by atoms with van der Waals surface area (Å²) >= 11 is 5.71. The molecule has 0 aliphatic carbocycles. The number of hydrogen-bond donors (Lipinski definition) is 0. The largest absolute Gasteiger partial charge is 0.497 e. The van der Waals surface area contributed by atoms with Gasteiger partial charge in [0.25, 0.3) is 5.88 Å². The van der Waals surface area contributed by atoms with Crippen LogP contribution in [0.4, 0.5) is 5.69 Å². The second kappa shape index (κ2) is 6.36. The molecule has 0 fully saturated rings. The van der Waals surface area contributed by atoms with E-state index in [1.54, 1.807) is 25.3 Å². The Labute approximate surface area is 125 Å². The lowest BCUT2D eigenvalue weighted by molar-refractivity contribution is -0.387. The first-order valence-corrected chi connectivity index (χ1v) is 6.33. The van der Waals surface area contributed by atoms with Crippen LogP contribution < -0.4 is 9.47 Å². The molecule has 0 N–H and O–H groups in total. The Bertz CT molecular complexity index is 678. The van der Waals surface area contributed by atoms with Crippen molar-refractivity contribution in [1.82, 2.24) is 9.97 Å². The van der Waals surface area contributed by atoms with Gasteiger partial charge in [-0.2, -0.15) is 4.98 Å². The molecule has 21 heavy (non-hydrogen) atoms. The summed E-state index contributed by atoms with van der Waals surface area (Å²) < 4.78 is 10.5. The van der Waals surface area contributed by atoms with E-state index in [1.807, 2.05) is 6.07 Å². The molecule has 2 aromatic rings. The fourth-order valence-electron chi connectivity index (χ4n) is 1.73. The first-order valence-electron chi connectivity index (χ1n) is 5.95. The number of ether oxygens (including phenoxy) is 2.